The first-order chi connectivity index (χ1) is 9.24. The summed E-state index contributed by atoms with van der Waals surface area (Å²) in [6.45, 7) is 2.05. The zero-order valence-corrected chi connectivity index (χ0v) is 10.6. The van der Waals surface area contributed by atoms with Crippen molar-refractivity contribution >= 4 is 16.6 Å². The number of para-hydroxylation sites is 1. The molecule has 0 spiro atoms. The predicted octanol–water partition coefficient (Wildman–Crippen LogP) is 3.19. The van der Waals surface area contributed by atoms with Gasteiger partial charge in [-0.3, -0.25) is 14.9 Å². The van der Waals surface area contributed by atoms with E-state index in [9.17, 15) is 4.79 Å². The van der Waals surface area contributed by atoms with Gasteiger partial charge in [0.1, 0.15) is 0 Å². The van der Waals surface area contributed by atoms with Crippen LogP contribution >= 0.6 is 0 Å². The van der Waals surface area contributed by atoms with Crippen molar-refractivity contribution in [3.05, 3.63) is 76.6 Å². The summed E-state index contributed by atoms with van der Waals surface area (Å²) in [4.78, 5) is 11.8. The Morgan fingerprint density at radius 1 is 0.947 bits per heavy atom. The smallest absolute Gasteiger partial charge is 0.189 e. The molecule has 3 heteroatoms. The van der Waals surface area contributed by atoms with Crippen molar-refractivity contribution in [2.24, 2.45) is 0 Å². The Bertz CT molecular complexity index is 773. The molecule has 3 rings (SSSR count). The number of aryl methyl sites for hydroxylation is 1. The first-order valence-electron chi connectivity index (χ1n) is 6.18. The van der Waals surface area contributed by atoms with Gasteiger partial charge in [0.25, 0.3) is 0 Å². The van der Waals surface area contributed by atoms with Gasteiger partial charge < -0.3 is 0 Å². The minimum atomic E-state index is 0.0394. The van der Waals surface area contributed by atoms with E-state index in [1.807, 2.05) is 53.2 Å². The van der Waals surface area contributed by atoms with Crippen LogP contribution < -0.4 is 10.9 Å². The van der Waals surface area contributed by atoms with Crippen molar-refractivity contribution < 1.29 is 0 Å². The van der Waals surface area contributed by atoms with Crippen LogP contribution in [0.3, 0.4) is 0 Å². The van der Waals surface area contributed by atoms with Crippen LogP contribution in [0.1, 0.15) is 5.56 Å². The fourth-order valence-corrected chi connectivity index (χ4v) is 2.07. The van der Waals surface area contributed by atoms with Crippen molar-refractivity contribution in [2.75, 3.05) is 5.43 Å². The maximum absolute atomic E-state index is 11.8. The zero-order valence-electron chi connectivity index (χ0n) is 10.6. The zero-order chi connectivity index (χ0) is 13.2. The Kier molecular flexibility index (Phi) is 2.80. The summed E-state index contributed by atoms with van der Waals surface area (Å²) in [6.07, 6.45) is 1.75. The molecule has 1 N–H and O–H groups in total. The maximum Gasteiger partial charge on any atom is 0.189 e. The predicted molar refractivity (Wildman–Crippen MR) is 78.4 cm³/mol. The molecular formula is C16H14N2O. The van der Waals surface area contributed by atoms with Crippen LogP contribution in [-0.4, -0.2) is 4.68 Å². The van der Waals surface area contributed by atoms with Crippen molar-refractivity contribution in [1.82, 2.24) is 4.68 Å². The molecule has 0 bridgehead atoms. The van der Waals surface area contributed by atoms with Gasteiger partial charge in [0, 0.05) is 17.6 Å². The van der Waals surface area contributed by atoms with Gasteiger partial charge in [0.2, 0.25) is 0 Å². The fraction of sp³-hybridized carbons (Fsp3) is 0.0625. The highest BCUT2D eigenvalue weighted by Crippen LogP contribution is 2.13. The van der Waals surface area contributed by atoms with E-state index in [2.05, 4.69) is 12.3 Å². The van der Waals surface area contributed by atoms with Crippen molar-refractivity contribution in [2.45, 2.75) is 6.92 Å². The molecule has 19 heavy (non-hydrogen) atoms. The number of nitrogens with zero attached hydrogens (tertiary/aromatic N) is 1. The van der Waals surface area contributed by atoms with E-state index in [4.69, 9.17) is 0 Å². The molecule has 3 nitrogen and oxygen atoms in total. The number of benzene rings is 2. The first kappa shape index (κ1) is 11.5. The number of nitrogens with one attached hydrogen (secondary N) is 1. The molecule has 1 aromatic heterocycles. The van der Waals surface area contributed by atoms with Crippen molar-refractivity contribution in [3.63, 3.8) is 0 Å². The molecule has 0 aliphatic rings. The van der Waals surface area contributed by atoms with E-state index < -0.39 is 0 Å². The molecule has 0 atom stereocenters. The number of rotatable bonds is 2. The molecule has 0 aliphatic carbocycles. The lowest BCUT2D eigenvalue weighted by atomic mass is 10.2. The van der Waals surface area contributed by atoms with Gasteiger partial charge in [-0.05, 0) is 31.2 Å². The molecule has 0 radical (unpaired) electrons. The third-order valence-corrected chi connectivity index (χ3v) is 3.11. The summed E-state index contributed by atoms with van der Waals surface area (Å²) in [5.74, 6) is 0. The van der Waals surface area contributed by atoms with Gasteiger partial charge in [-0.25, -0.2) is 0 Å². The van der Waals surface area contributed by atoms with Crippen LogP contribution in [0, 0.1) is 6.92 Å². The minimum Gasteiger partial charge on any atom is -0.294 e. The summed E-state index contributed by atoms with van der Waals surface area (Å²) in [5.41, 5.74) is 6.39. The van der Waals surface area contributed by atoms with E-state index in [1.165, 1.54) is 5.56 Å². The summed E-state index contributed by atoms with van der Waals surface area (Å²) < 4.78 is 1.86. The van der Waals surface area contributed by atoms with Gasteiger partial charge in [-0.15, -0.1) is 0 Å². The molecule has 3 aromatic rings. The van der Waals surface area contributed by atoms with Crippen LogP contribution in [0.4, 0.5) is 5.69 Å². The van der Waals surface area contributed by atoms with E-state index >= 15 is 0 Å². The average Bonchev–Trinajstić information content (AvgIpc) is 2.45. The molecule has 0 saturated heterocycles. The SMILES string of the molecule is Cc1ccc(Nn2ccc(=O)c3ccccc32)cc1. The van der Waals surface area contributed by atoms with Gasteiger partial charge >= 0.3 is 0 Å². The summed E-state index contributed by atoms with van der Waals surface area (Å²) in [7, 11) is 0. The number of hydrogen-bond acceptors (Lipinski definition) is 2. The molecule has 1 heterocycles. The number of anilines is 1. The molecule has 0 saturated carbocycles. The Labute approximate surface area is 111 Å². The third-order valence-electron chi connectivity index (χ3n) is 3.11. The number of fused-ring (bicyclic) bond motifs is 1. The minimum absolute atomic E-state index is 0.0394. The molecule has 0 amide bonds. The molecule has 2 aromatic carbocycles. The second-order valence-electron chi connectivity index (χ2n) is 4.54. The van der Waals surface area contributed by atoms with E-state index in [-0.39, 0.29) is 5.43 Å². The summed E-state index contributed by atoms with van der Waals surface area (Å²) in [6, 6.07) is 17.3. The molecule has 0 aliphatic heterocycles. The van der Waals surface area contributed by atoms with Crippen LogP contribution in [0.15, 0.2) is 65.6 Å². The monoisotopic (exact) mass is 250 g/mol. The third kappa shape index (κ3) is 2.22. The maximum atomic E-state index is 11.8. The van der Waals surface area contributed by atoms with E-state index in [1.54, 1.807) is 12.3 Å². The summed E-state index contributed by atoms with van der Waals surface area (Å²) >= 11 is 0. The molecular weight excluding hydrogens is 236 g/mol. The Morgan fingerprint density at radius 2 is 1.68 bits per heavy atom. The lowest BCUT2D eigenvalue weighted by molar-refractivity contribution is 0.992. The summed E-state index contributed by atoms with van der Waals surface area (Å²) in [5, 5.41) is 0.713. The Hall–Kier alpha value is -2.55. The number of aromatic nitrogens is 1. The lowest BCUT2D eigenvalue weighted by Gasteiger charge is -2.13. The number of hydrogen-bond donors (Lipinski definition) is 1. The van der Waals surface area contributed by atoms with E-state index in [0.717, 1.165) is 11.2 Å². The van der Waals surface area contributed by atoms with Crippen LogP contribution in [0.5, 0.6) is 0 Å². The average molecular weight is 250 g/mol. The topological polar surface area (TPSA) is 34.0 Å². The Balaban J connectivity index is 2.08. The first-order valence-corrected chi connectivity index (χ1v) is 6.18. The lowest BCUT2D eigenvalue weighted by Crippen LogP contribution is -2.14. The van der Waals surface area contributed by atoms with Crippen molar-refractivity contribution in [3.8, 4) is 0 Å². The highest BCUT2D eigenvalue weighted by Gasteiger charge is 2.01. The van der Waals surface area contributed by atoms with Gasteiger partial charge in [0.15, 0.2) is 5.43 Å². The molecule has 0 fully saturated rings. The van der Waals surface area contributed by atoms with Gasteiger partial charge in [-0.2, -0.15) is 0 Å². The molecule has 0 unspecified atom stereocenters. The van der Waals surface area contributed by atoms with Gasteiger partial charge in [-0.1, -0.05) is 29.8 Å². The highest BCUT2D eigenvalue weighted by atomic mass is 16.1. The standard InChI is InChI=1S/C16H14N2O/c1-12-6-8-13(9-7-12)17-18-11-10-16(19)14-4-2-3-5-15(14)18/h2-11,17H,1H3. The van der Waals surface area contributed by atoms with Crippen molar-refractivity contribution in [1.29, 1.82) is 0 Å². The molecule has 94 valence electrons. The quantitative estimate of drug-likeness (QED) is 0.758. The van der Waals surface area contributed by atoms with Gasteiger partial charge in [0.05, 0.1) is 11.2 Å². The van der Waals surface area contributed by atoms with Crippen LogP contribution in [0.2, 0.25) is 0 Å². The fourth-order valence-electron chi connectivity index (χ4n) is 2.07. The van der Waals surface area contributed by atoms with E-state index in [0.29, 0.717) is 5.39 Å². The van der Waals surface area contributed by atoms with Crippen LogP contribution in [0.25, 0.3) is 10.9 Å². The Morgan fingerprint density at radius 3 is 2.47 bits per heavy atom. The van der Waals surface area contributed by atoms with Crippen LogP contribution in [-0.2, 0) is 0 Å². The second kappa shape index (κ2) is 4.61. The number of pyridine rings is 1. The normalized spacial score (nSPS) is 10.6. The highest BCUT2D eigenvalue weighted by molar-refractivity contribution is 5.79. The largest absolute Gasteiger partial charge is 0.294 e. The second-order valence-corrected chi connectivity index (χ2v) is 4.54.